The van der Waals surface area contributed by atoms with Crippen LogP contribution in [0, 0.1) is 19.7 Å². The minimum absolute atomic E-state index is 0.332. The maximum atomic E-state index is 14.4. The van der Waals surface area contributed by atoms with Gasteiger partial charge in [0.15, 0.2) is 5.82 Å². The molecule has 1 aliphatic rings. The van der Waals surface area contributed by atoms with Gasteiger partial charge in [-0.05, 0) is 44.2 Å². The number of carbonyl (C=O) groups excluding carboxylic acids is 1. The zero-order chi connectivity index (χ0) is 20.8. The van der Waals surface area contributed by atoms with Crippen LogP contribution >= 0.6 is 11.3 Å². The van der Waals surface area contributed by atoms with Crippen molar-refractivity contribution < 1.29 is 13.6 Å². The number of benzene rings is 2. The largest absolute Gasteiger partial charge is 0.460 e. The summed E-state index contributed by atoms with van der Waals surface area (Å²) in [5.74, 6) is -0.0318. The molecule has 1 saturated heterocycles. The Morgan fingerprint density at radius 3 is 2.83 bits per heavy atom. The molecule has 6 nitrogen and oxygen atoms in total. The average Bonchev–Trinajstić information content (AvgIpc) is 3.29. The van der Waals surface area contributed by atoms with Crippen LogP contribution in [0.15, 0.2) is 34.7 Å². The molecule has 0 bridgehead atoms. The molecule has 2 aromatic heterocycles. The molecule has 30 heavy (non-hydrogen) atoms. The summed E-state index contributed by atoms with van der Waals surface area (Å²) >= 11 is 1.40. The van der Waals surface area contributed by atoms with Crippen LogP contribution in [-0.2, 0) is 0 Å². The van der Waals surface area contributed by atoms with Crippen LogP contribution in [0.4, 0.5) is 15.8 Å². The molecular weight excluding hydrogens is 403 g/mol. The van der Waals surface area contributed by atoms with Crippen LogP contribution in [-0.4, -0.2) is 37.1 Å². The van der Waals surface area contributed by atoms with Crippen molar-refractivity contribution in [1.82, 2.24) is 10.3 Å². The first kappa shape index (κ1) is 19.0. The van der Waals surface area contributed by atoms with Crippen LogP contribution in [0.2, 0.25) is 0 Å². The summed E-state index contributed by atoms with van der Waals surface area (Å²) in [6.07, 6.45) is 0. The van der Waals surface area contributed by atoms with E-state index in [-0.39, 0.29) is 5.91 Å². The molecule has 0 aliphatic carbocycles. The molecule has 154 valence electrons. The number of halogens is 1. The van der Waals surface area contributed by atoms with E-state index in [9.17, 15) is 9.18 Å². The predicted octanol–water partition coefficient (Wildman–Crippen LogP) is 4.46. The molecule has 5 rings (SSSR count). The van der Waals surface area contributed by atoms with Gasteiger partial charge in [-0.3, -0.25) is 4.79 Å². The summed E-state index contributed by atoms with van der Waals surface area (Å²) in [6.45, 7) is 7.35. The van der Waals surface area contributed by atoms with E-state index in [0.717, 1.165) is 48.0 Å². The van der Waals surface area contributed by atoms with Gasteiger partial charge in [0.2, 0.25) is 0 Å². The quantitative estimate of drug-likeness (QED) is 0.508. The van der Waals surface area contributed by atoms with Crippen LogP contribution in [0.3, 0.4) is 0 Å². The number of nitrogens with zero attached hydrogens (tertiary/aromatic N) is 2. The molecule has 1 fully saturated rings. The highest BCUT2D eigenvalue weighted by Crippen LogP contribution is 2.33. The second kappa shape index (κ2) is 7.37. The van der Waals surface area contributed by atoms with Crippen molar-refractivity contribution >= 4 is 49.8 Å². The molecule has 0 saturated carbocycles. The summed E-state index contributed by atoms with van der Waals surface area (Å²) in [7, 11) is 0. The van der Waals surface area contributed by atoms with E-state index < -0.39 is 5.82 Å². The van der Waals surface area contributed by atoms with Gasteiger partial charge in [-0.1, -0.05) is 0 Å². The highest BCUT2D eigenvalue weighted by Gasteiger charge is 2.21. The Labute approximate surface area is 176 Å². The molecule has 2 aromatic carbocycles. The van der Waals surface area contributed by atoms with Gasteiger partial charge in [0.05, 0.1) is 15.3 Å². The number of nitrogens with one attached hydrogen (secondary N) is 2. The maximum Gasteiger partial charge on any atom is 0.259 e. The fraction of sp³-hybridized carbons (Fsp3) is 0.273. The third kappa shape index (κ3) is 3.32. The highest BCUT2D eigenvalue weighted by atomic mass is 32.1. The zero-order valence-electron chi connectivity index (χ0n) is 16.7. The molecule has 0 unspecified atom stereocenters. The van der Waals surface area contributed by atoms with Crippen molar-refractivity contribution in [1.29, 1.82) is 0 Å². The molecular formula is C22H21FN4O2S. The molecule has 0 radical (unpaired) electrons. The lowest BCUT2D eigenvalue weighted by atomic mass is 10.1. The van der Waals surface area contributed by atoms with Crippen LogP contribution in [0.5, 0.6) is 0 Å². The molecule has 0 spiro atoms. The second-order valence-electron chi connectivity index (χ2n) is 7.46. The Kier molecular flexibility index (Phi) is 4.67. The normalized spacial score (nSPS) is 14.6. The monoisotopic (exact) mass is 424 g/mol. The lowest BCUT2D eigenvalue weighted by Gasteiger charge is -2.30. The van der Waals surface area contributed by atoms with Gasteiger partial charge in [0.1, 0.15) is 16.9 Å². The number of rotatable bonds is 3. The molecule has 2 N–H and O–H groups in total. The Balaban J connectivity index is 1.51. The molecule has 4 aromatic rings. The molecule has 1 amide bonds. The molecule has 3 heterocycles. The van der Waals surface area contributed by atoms with Crippen molar-refractivity contribution in [2.24, 2.45) is 0 Å². The number of piperazine rings is 1. The van der Waals surface area contributed by atoms with E-state index in [1.54, 1.807) is 12.1 Å². The lowest BCUT2D eigenvalue weighted by molar-refractivity contribution is 0.102. The molecule has 8 heteroatoms. The number of aromatic nitrogens is 1. The third-order valence-electron chi connectivity index (χ3n) is 5.30. The minimum Gasteiger partial charge on any atom is -0.460 e. The number of fused-ring (bicyclic) bond motifs is 2. The topological polar surface area (TPSA) is 70.4 Å². The van der Waals surface area contributed by atoms with Gasteiger partial charge >= 0.3 is 0 Å². The standard InChI is InChI=1S/C22H21FN4O2S/c1-12-9-16-18(27-7-5-24-6-8-27)4-3-15(21(16)29-12)22(28)26-14-10-17(23)20-19(11-14)30-13(2)25-20/h3-4,9-11,24H,5-8H2,1-2H3,(H,26,28). The number of thiazole rings is 1. The van der Waals surface area contributed by atoms with E-state index in [4.69, 9.17) is 4.42 Å². The van der Waals surface area contributed by atoms with Gasteiger partial charge in [-0.15, -0.1) is 11.3 Å². The SMILES string of the molecule is Cc1cc2c(N3CCNCC3)ccc(C(=O)Nc3cc(F)c4nc(C)sc4c3)c2o1. The maximum absolute atomic E-state index is 14.4. The Morgan fingerprint density at radius 1 is 1.23 bits per heavy atom. The fourth-order valence-electron chi connectivity index (χ4n) is 3.96. The first-order valence-electron chi connectivity index (χ1n) is 9.86. The number of hydrogen-bond acceptors (Lipinski definition) is 6. The third-order valence-corrected chi connectivity index (χ3v) is 6.22. The Bertz CT molecular complexity index is 1270. The van der Waals surface area contributed by atoms with Crippen LogP contribution in [0.1, 0.15) is 21.1 Å². The summed E-state index contributed by atoms with van der Waals surface area (Å²) in [5, 5.41) is 7.87. The first-order chi connectivity index (χ1) is 14.5. The number of furan rings is 1. The van der Waals surface area contributed by atoms with E-state index >= 15 is 0 Å². The van der Waals surface area contributed by atoms with Crippen LogP contribution in [0.25, 0.3) is 21.2 Å². The van der Waals surface area contributed by atoms with Crippen molar-refractivity contribution in [3.05, 3.63) is 52.5 Å². The molecule has 1 aliphatic heterocycles. The van der Waals surface area contributed by atoms with Gasteiger partial charge in [0.25, 0.3) is 5.91 Å². The zero-order valence-corrected chi connectivity index (χ0v) is 17.5. The Morgan fingerprint density at radius 2 is 2.03 bits per heavy atom. The summed E-state index contributed by atoms with van der Waals surface area (Å²) < 4.78 is 21.0. The Hall–Kier alpha value is -2.97. The van der Waals surface area contributed by atoms with E-state index in [2.05, 4.69) is 20.5 Å². The van der Waals surface area contributed by atoms with Crippen molar-refractivity contribution in [2.75, 3.05) is 36.4 Å². The average molecular weight is 425 g/mol. The van der Waals surface area contributed by atoms with Gasteiger partial charge < -0.3 is 20.0 Å². The number of amides is 1. The van der Waals surface area contributed by atoms with Gasteiger partial charge in [-0.2, -0.15) is 0 Å². The number of hydrogen-bond donors (Lipinski definition) is 2. The van der Waals surface area contributed by atoms with Crippen molar-refractivity contribution in [3.63, 3.8) is 0 Å². The number of anilines is 2. The van der Waals surface area contributed by atoms with Gasteiger partial charge in [0, 0.05) is 42.9 Å². The summed E-state index contributed by atoms with van der Waals surface area (Å²) in [6, 6.07) is 8.77. The van der Waals surface area contributed by atoms with E-state index in [1.807, 2.05) is 26.0 Å². The summed E-state index contributed by atoms with van der Waals surface area (Å²) in [4.78, 5) is 19.5. The smallest absolute Gasteiger partial charge is 0.259 e. The highest BCUT2D eigenvalue weighted by molar-refractivity contribution is 7.18. The minimum atomic E-state index is -0.444. The van der Waals surface area contributed by atoms with Crippen LogP contribution < -0.4 is 15.5 Å². The van der Waals surface area contributed by atoms with E-state index in [1.165, 1.54) is 17.4 Å². The van der Waals surface area contributed by atoms with E-state index in [0.29, 0.717) is 27.1 Å². The first-order valence-corrected chi connectivity index (χ1v) is 10.7. The van der Waals surface area contributed by atoms with Gasteiger partial charge in [-0.25, -0.2) is 9.37 Å². The van der Waals surface area contributed by atoms with Crippen molar-refractivity contribution in [2.45, 2.75) is 13.8 Å². The predicted molar refractivity (Wildman–Crippen MR) is 118 cm³/mol. The number of carbonyl (C=O) groups is 1. The number of aryl methyl sites for hydroxylation is 2. The molecule has 0 atom stereocenters. The lowest BCUT2D eigenvalue weighted by Crippen LogP contribution is -2.43. The second-order valence-corrected chi connectivity index (χ2v) is 8.70. The van der Waals surface area contributed by atoms with Crippen molar-refractivity contribution in [3.8, 4) is 0 Å². The fourth-order valence-corrected chi connectivity index (χ4v) is 4.84. The summed E-state index contributed by atoms with van der Waals surface area (Å²) in [5.41, 5.74) is 2.78.